The molecule has 0 fully saturated rings. The normalized spacial score (nSPS) is 12.8. The number of rotatable bonds is 5. The number of amides is 2. The highest BCUT2D eigenvalue weighted by atomic mass is 19.4. The lowest BCUT2D eigenvalue weighted by atomic mass is 10.2. The number of urea groups is 1. The molecule has 2 amide bonds. The van der Waals surface area contributed by atoms with Gasteiger partial charge in [-0.3, -0.25) is 0 Å². The third-order valence-electron chi connectivity index (χ3n) is 2.55. The first-order valence-electron chi connectivity index (χ1n) is 6.19. The van der Waals surface area contributed by atoms with E-state index >= 15 is 0 Å². The Kier molecular flexibility index (Phi) is 5.82. The number of aliphatic hydroxyl groups excluding tert-OH is 1. The van der Waals surface area contributed by atoms with Gasteiger partial charge >= 0.3 is 12.2 Å². The zero-order valence-electron chi connectivity index (χ0n) is 11.0. The quantitative estimate of drug-likeness (QED) is 0.730. The Balaban J connectivity index is 2.39. The third-order valence-corrected chi connectivity index (χ3v) is 2.55. The Labute approximate surface area is 115 Å². The SMILES string of the molecule is CC(O)CCCNC(=O)Nc1ccc(C(F)(F)F)cc1. The van der Waals surface area contributed by atoms with Gasteiger partial charge in [0.15, 0.2) is 0 Å². The van der Waals surface area contributed by atoms with E-state index in [0.717, 1.165) is 12.1 Å². The van der Waals surface area contributed by atoms with Crippen molar-refractivity contribution in [2.24, 2.45) is 0 Å². The van der Waals surface area contributed by atoms with Crippen molar-refractivity contribution in [2.45, 2.75) is 32.0 Å². The van der Waals surface area contributed by atoms with Gasteiger partial charge in [0.2, 0.25) is 0 Å². The lowest BCUT2D eigenvalue weighted by Crippen LogP contribution is -2.29. The molecule has 0 bridgehead atoms. The zero-order valence-corrected chi connectivity index (χ0v) is 11.0. The first-order chi connectivity index (χ1) is 9.29. The van der Waals surface area contributed by atoms with Crippen LogP contribution in [0.4, 0.5) is 23.7 Å². The number of nitrogens with one attached hydrogen (secondary N) is 2. The Morgan fingerprint density at radius 3 is 2.40 bits per heavy atom. The summed E-state index contributed by atoms with van der Waals surface area (Å²) in [6.45, 7) is 2.04. The van der Waals surface area contributed by atoms with E-state index < -0.39 is 23.9 Å². The molecule has 3 N–H and O–H groups in total. The first kappa shape index (κ1) is 16.3. The number of carbonyl (C=O) groups excluding carboxylic acids is 1. The maximum absolute atomic E-state index is 12.3. The van der Waals surface area contributed by atoms with E-state index in [1.54, 1.807) is 6.92 Å². The Morgan fingerprint density at radius 2 is 1.90 bits per heavy atom. The van der Waals surface area contributed by atoms with E-state index in [0.29, 0.717) is 19.4 Å². The molecule has 112 valence electrons. The van der Waals surface area contributed by atoms with Gasteiger partial charge in [-0.05, 0) is 44.0 Å². The summed E-state index contributed by atoms with van der Waals surface area (Å²) in [6, 6.07) is 3.71. The average molecular weight is 290 g/mol. The van der Waals surface area contributed by atoms with Gasteiger partial charge in [-0.1, -0.05) is 0 Å². The molecule has 20 heavy (non-hydrogen) atoms. The van der Waals surface area contributed by atoms with Crippen LogP contribution in [0.25, 0.3) is 0 Å². The molecule has 0 aromatic heterocycles. The first-order valence-corrected chi connectivity index (χ1v) is 6.19. The number of anilines is 1. The topological polar surface area (TPSA) is 61.4 Å². The second-order valence-electron chi connectivity index (χ2n) is 4.45. The van der Waals surface area contributed by atoms with Crippen molar-refractivity contribution < 1.29 is 23.1 Å². The number of halogens is 3. The lowest BCUT2D eigenvalue weighted by molar-refractivity contribution is -0.137. The van der Waals surface area contributed by atoms with Crippen molar-refractivity contribution >= 4 is 11.7 Å². The summed E-state index contributed by atoms with van der Waals surface area (Å²) in [4.78, 5) is 11.4. The summed E-state index contributed by atoms with van der Waals surface area (Å²) in [5.74, 6) is 0. The second-order valence-corrected chi connectivity index (χ2v) is 4.45. The van der Waals surface area contributed by atoms with Crippen molar-refractivity contribution in [3.8, 4) is 0 Å². The maximum Gasteiger partial charge on any atom is 0.416 e. The molecular formula is C13H17F3N2O2. The fourth-order valence-electron chi connectivity index (χ4n) is 1.52. The molecular weight excluding hydrogens is 273 g/mol. The standard InChI is InChI=1S/C13H17F3N2O2/c1-9(19)3-2-8-17-12(20)18-11-6-4-10(5-7-11)13(14,15)16/h4-7,9,19H,2-3,8H2,1H3,(H2,17,18,20). The average Bonchev–Trinajstić information content (AvgIpc) is 2.34. The maximum atomic E-state index is 12.3. The molecule has 1 aromatic rings. The van der Waals surface area contributed by atoms with Crippen LogP contribution >= 0.6 is 0 Å². The van der Waals surface area contributed by atoms with Gasteiger partial charge in [0.05, 0.1) is 11.7 Å². The summed E-state index contributed by atoms with van der Waals surface area (Å²) in [5, 5.41) is 14.0. The van der Waals surface area contributed by atoms with Crippen molar-refractivity contribution in [3.05, 3.63) is 29.8 Å². The fourth-order valence-corrected chi connectivity index (χ4v) is 1.52. The molecule has 0 heterocycles. The minimum atomic E-state index is -4.39. The third kappa shape index (κ3) is 5.92. The molecule has 0 saturated carbocycles. The summed E-state index contributed by atoms with van der Waals surface area (Å²) in [5.41, 5.74) is -0.480. The highest BCUT2D eigenvalue weighted by Crippen LogP contribution is 2.29. The Bertz CT molecular complexity index is 430. The minimum absolute atomic E-state index is 0.283. The number of aliphatic hydroxyl groups is 1. The largest absolute Gasteiger partial charge is 0.416 e. The van der Waals surface area contributed by atoms with Crippen molar-refractivity contribution in [1.82, 2.24) is 5.32 Å². The predicted octanol–water partition coefficient (Wildman–Crippen LogP) is 2.99. The van der Waals surface area contributed by atoms with Crippen LogP contribution in [0.2, 0.25) is 0 Å². The van der Waals surface area contributed by atoms with Crippen molar-refractivity contribution in [3.63, 3.8) is 0 Å². The van der Waals surface area contributed by atoms with Crippen LogP contribution in [-0.4, -0.2) is 23.8 Å². The monoisotopic (exact) mass is 290 g/mol. The molecule has 0 aliphatic rings. The van der Waals surface area contributed by atoms with E-state index in [1.807, 2.05) is 0 Å². The Morgan fingerprint density at radius 1 is 1.30 bits per heavy atom. The van der Waals surface area contributed by atoms with Crippen LogP contribution in [0.5, 0.6) is 0 Å². The van der Waals surface area contributed by atoms with E-state index in [9.17, 15) is 18.0 Å². The van der Waals surface area contributed by atoms with Crippen LogP contribution in [0, 0.1) is 0 Å². The summed E-state index contributed by atoms with van der Waals surface area (Å²) in [6.07, 6.45) is -3.62. The van der Waals surface area contributed by atoms with E-state index in [1.165, 1.54) is 12.1 Å². The summed E-state index contributed by atoms with van der Waals surface area (Å²) >= 11 is 0. The second kappa shape index (κ2) is 7.14. The highest BCUT2D eigenvalue weighted by molar-refractivity contribution is 5.89. The number of alkyl halides is 3. The Hall–Kier alpha value is -1.76. The van der Waals surface area contributed by atoms with Gasteiger partial charge in [-0.15, -0.1) is 0 Å². The molecule has 7 heteroatoms. The molecule has 1 atom stereocenters. The molecule has 1 unspecified atom stereocenters. The van der Waals surface area contributed by atoms with Gasteiger partial charge < -0.3 is 15.7 Å². The van der Waals surface area contributed by atoms with Gasteiger partial charge in [-0.25, -0.2) is 4.79 Å². The highest BCUT2D eigenvalue weighted by Gasteiger charge is 2.29. The minimum Gasteiger partial charge on any atom is -0.393 e. The molecule has 0 radical (unpaired) electrons. The van der Waals surface area contributed by atoms with Crippen LogP contribution in [-0.2, 0) is 6.18 Å². The summed E-state index contributed by atoms with van der Waals surface area (Å²) in [7, 11) is 0. The number of carbonyl (C=O) groups is 1. The fraction of sp³-hybridized carbons (Fsp3) is 0.462. The van der Waals surface area contributed by atoms with Crippen LogP contribution < -0.4 is 10.6 Å². The molecule has 0 aliphatic heterocycles. The van der Waals surface area contributed by atoms with E-state index in [4.69, 9.17) is 5.11 Å². The van der Waals surface area contributed by atoms with Gasteiger partial charge in [0, 0.05) is 12.2 Å². The lowest BCUT2D eigenvalue weighted by Gasteiger charge is -2.10. The van der Waals surface area contributed by atoms with Crippen LogP contribution in [0.1, 0.15) is 25.3 Å². The van der Waals surface area contributed by atoms with Gasteiger partial charge in [-0.2, -0.15) is 13.2 Å². The van der Waals surface area contributed by atoms with Gasteiger partial charge in [0.1, 0.15) is 0 Å². The van der Waals surface area contributed by atoms with Gasteiger partial charge in [0.25, 0.3) is 0 Å². The smallest absolute Gasteiger partial charge is 0.393 e. The predicted molar refractivity (Wildman–Crippen MR) is 69.4 cm³/mol. The number of benzene rings is 1. The van der Waals surface area contributed by atoms with Crippen LogP contribution in [0.3, 0.4) is 0 Å². The summed E-state index contributed by atoms with van der Waals surface area (Å²) < 4.78 is 37.0. The van der Waals surface area contributed by atoms with Crippen molar-refractivity contribution in [2.75, 3.05) is 11.9 Å². The molecule has 0 aliphatic carbocycles. The van der Waals surface area contributed by atoms with Crippen LogP contribution in [0.15, 0.2) is 24.3 Å². The van der Waals surface area contributed by atoms with E-state index in [2.05, 4.69) is 10.6 Å². The molecule has 1 rings (SSSR count). The molecule has 4 nitrogen and oxygen atoms in total. The molecule has 0 spiro atoms. The molecule has 1 aromatic carbocycles. The zero-order chi connectivity index (χ0) is 15.2. The van der Waals surface area contributed by atoms with Crippen molar-refractivity contribution in [1.29, 1.82) is 0 Å². The number of hydrogen-bond acceptors (Lipinski definition) is 2. The molecule has 0 saturated heterocycles. The number of hydrogen-bond donors (Lipinski definition) is 3. The van der Waals surface area contributed by atoms with E-state index in [-0.39, 0.29) is 5.69 Å².